The first kappa shape index (κ1) is 14.3. The van der Waals surface area contributed by atoms with Gasteiger partial charge in [-0.25, -0.2) is 18.4 Å². The molecule has 0 spiro atoms. The molecule has 104 valence electrons. The van der Waals surface area contributed by atoms with Crippen molar-refractivity contribution in [3.63, 3.8) is 0 Å². The third-order valence-electron chi connectivity index (χ3n) is 3.12. The number of rotatable bonds is 3. The predicted octanol–water partition coefficient (Wildman–Crippen LogP) is 1.60. The fourth-order valence-electron chi connectivity index (χ4n) is 1.66. The monoisotopic (exact) mass is 346 g/mol. The van der Waals surface area contributed by atoms with Crippen LogP contribution < -0.4 is 5.73 Å². The molecule has 0 aliphatic rings. The molecule has 0 saturated carbocycles. The number of pyridine rings is 1. The average Bonchev–Trinajstić information content (AvgIpc) is 2.52. The molecule has 0 bridgehead atoms. The van der Waals surface area contributed by atoms with Gasteiger partial charge >= 0.3 is 0 Å². The van der Waals surface area contributed by atoms with Gasteiger partial charge in [-0.3, -0.25) is 4.57 Å². The minimum absolute atomic E-state index is 0.211. The van der Waals surface area contributed by atoms with Crippen molar-refractivity contribution in [3.8, 4) is 0 Å². The zero-order chi connectivity index (χ0) is 14.4. The summed E-state index contributed by atoms with van der Waals surface area (Å²) >= 11 is 3.31. The zero-order valence-corrected chi connectivity index (χ0v) is 13.3. The van der Waals surface area contributed by atoms with Crippen LogP contribution in [-0.4, -0.2) is 34.0 Å². The van der Waals surface area contributed by atoms with Gasteiger partial charge in [0.25, 0.3) is 0 Å². The van der Waals surface area contributed by atoms with Crippen LogP contribution in [0.5, 0.6) is 0 Å². The summed E-state index contributed by atoms with van der Waals surface area (Å²) in [4.78, 5) is 8.44. The van der Waals surface area contributed by atoms with Crippen LogP contribution in [0.2, 0.25) is 0 Å². The first-order valence-electron chi connectivity index (χ1n) is 5.59. The van der Waals surface area contributed by atoms with Crippen LogP contribution >= 0.6 is 15.9 Å². The lowest BCUT2D eigenvalue weighted by Gasteiger charge is -2.23. The predicted molar refractivity (Wildman–Crippen MR) is 78.6 cm³/mol. The molecule has 6 nitrogen and oxygen atoms in total. The Labute approximate surface area is 120 Å². The van der Waals surface area contributed by atoms with Gasteiger partial charge in [0.2, 0.25) is 5.95 Å². The summed E-state index contributed by atoms with van der Waals surface area (Å²) in [5, 5.41) is 0. The van der Waals surface area contributed by atoms with Gasteiger partial charge in [-0.1, -0.05) is 0 Å². The number of hydrogen-bond acceptors (Lipinski definition) is 5. The Hall–Kier alpha value is -1.15. The summed E-state index contributed by atoms with van der Waals surface area (Å²) in [6, 6.07) is 1.79. The van der Waals surface area contributed by atoms with E-state index in [9.17, 15) is 8.42 Å². The highest BCUT2D eigenvalue weighted by Gasteiger charge is 2.32. The van der Waals surface area contributed by atoms with Gasteiger partial charge in [-0.15, -0.1) is 0 Å². The summed E-state index contributed by atoms with van der Waals surface area (Å²) in [5.41, 5.74) is 7.07. The number of nitrogens with two attached hydrogens (primary N) is 1. The van der Waals surface area contributed by atoms with Crippen LogP contribution in [-0.2, 0) is 16.4 Å². The van der Waals surface area contributed by atoms with Crippen molar-refractivity contribution in [2.24, 2.45) is 0 Å². The molecule has 2 aromatic rings. The molecule has 0 radical (unpaired) electrons. The van der Waals surface area contributed by atoms with E-state index in [4.69, 9.17) is 5.73 Å². The number of nitrogen functional groups attached to an aromatic ring is 1. The molecule has 0 saturated heterocycles. The second-order valence-corrected chi connectivity index (χ2v) is 8.65. The van der Waals surface area contributed by atoms with Crippen molar-refractivity contribution >= 4 is 42.9 Å². The molecule has 0 aromatic carbocycles. The SMILES string of the molecule is CC(C)(Cn1c(N)nc2cc(Br)cnc21)S(C)(=O)=O. The third-order valence-corrected chi connectivity index (χ3v) is 5.69. The Bertz CT molecular complexity index is 736. The number of nitrogens with zero attached hydrogens (tertiary/aromatic N) is 3. The third kappa shape index (κ3) is 2.59. The van der Waals surface area contributed by atoms with Crippen molar-refractivity contribution in [3.05, 3.63) is 16.7 Å². The Balaban J connectivity index is 2.55. The smallest absolute Gasteiger partial charge is 0.202 e. The largest absolute Gasteiger partial charge is 0.369 e. The summed E-state index contributed by atoms with van der Waals surface area (Å²) < 4.78 is 25.0. The maximum Gasteiger partial charge on any atom is 0.202 e. The van der Waals surface area contributed by atoms with Crippen molar-refractivity contribution in [2.45, 2.75) is 25.1 Å². The van der Waals surface area contributed by atoms with Gasteiger partial charge in [0.05, 0.1) is 4.75 Å². The number of fused-ring (bicyclic) bond motifs is 1. The lowest BCUT2D eigenvalue weighted by Crippen LogP contribution is -2.36. The van der Waals surface area contributed by atoms with E-state index in [1.807, 2.05) is 0 Å². The molecule has 2 N–H and O–H groups in total. The highest BCUT2D eigenvalue weighted by Crippen LogP contribution is 2.24. The van der Waals surface area contributed by atoms with Crippen molar-refractivity contribution in [1.82, 2.24) is 14.5 Å². The number of halogens is 1. The van der Waals surface area contributed by atoms with Gasteiger partial charge in [0.1, 0.15) is 5.52 Å². The van der Waals surface area contributed by atoms with Crippen LogP contribution in [0.4, 0.5) is 5.95 Å². The molecule has 0 atom stereocenters. The summed E-state index contributed by atoms with van der Waals surface area (Å²) in [5.74, 6) is 0.261. The summed E-state index contributed by atoms with van der Waals surface area (Å²) in [6.07, 6.45) is 2.85. The van der Waals surface area contributed by atoms with Crippen molar-refractivity contribution in [2.75, 3.05) is 12.0 Å². The van der Waals surface area contributed by atoms with E-state index < -0.39 is 14.6 Å². The van der Waals surface area contributed by atoms with Gasteiger partial charge in [0, 0.05) is 23.5 Å². The van der Waals surface area contributed by atoms with Crippen LogP contribution in [0.25, 0.3) is 11.2 Å². The van der Waals surface area contributed by atoms with E-state index in [0.29, 0.717) is 11.2 Å². The Morgan fingerprint density at radius 2 is 2.11 bits per heavy atom. The highest BCUT2D eigenvalue weighted by atomic mass is 79.9. The molecule has 0 aliphatic carbocycles. The van der Waals surface area contributed by atoms with Gasteiger partial charge in [-0.05, 0) is 35.8 Å². The van der Waals surface area contributed by atoms with Crippen LogP contribution in [0, 0.1) is 0 Å². The first-order chi connectivity index (χ1) is 8.62. The lowest BCUT2D eigenvalue weighted by atomic mass is 10.2. The topological polar surface area (TPSA) is 90.9 Å². The van der Waals surface area contributed by atoms with Crippen LogP contribution in [0.1, 0.15) is 13.8 Å². The average molecular weight is 347 g/mol. The Morgan fingerprint density at radius 1 is 1.47 bits per heavy atom. The summed E-state index contributed by atoms with van der Waals surface area (Å²) in [7, 11) is -3.21. The van der Waals surface area contributed by atoms with Gasteiger partial charge in [0.15, 0.2) is 15.5 Å². The first-order valence-corrected chi connectivity index (χ1v) is 8.27. The molecular formula is C11H15BrN4O2S. The van der Waals surface area contributed by atoms with Crippen LogP contribution in [0.15, 0.2) is 16.7 Å². The van der Waals surface area contributed by atoms with Crippen molar-refractivity contribution < 1.29 is 8.42 Å². The Morgan fingerprint density at radius 3 is 2.68 bits per heavy atom. The van der Waals surface area contributed by atoms with E-state index >= 15 is 0 Å². The van der Waals surface area contributed by atoms with Gasteiger partial charge < -0.3 is 5.73 Å². The fourth-order valence-corrected chi connectivity index (χ4v) is 2.34. The van der Waals surface area contributed by atoms with E-state index in [1.165, 1.54) is 6.26 Å². The minimum Gasteiger partial charge on any atom is -0.369 e. The normalized spacial score (nSPS) is 13.1. The molecular weight excluding hydrogens is 332 g/mol. The minimum atomic E-state index is -3.21. The number of sulfone groups is 1. The quantitative estimate of drug-likeness (QED) is 0.911. The van der Waals surface area contributed by atoms with Crippen LogP contribution in [0.3, 0.4) is 0 Å². The number of imidazole rings is 1. The number of hydrogen-bond donors (Lipinski definition) is 1. The molecule has 0 unspecified atom stereocenters. The Kier molecular flexibility index (Phi) is 3.34. The summed E-state index contributed by atoms with van der Waals surface area (Å²) in [6.45, 7) is 3.53. The molecule has 8 heteroatoms. The van der Waals surface area contributed by atoms with E-state index in [-0.39, 0.29) is 12.5 Å². The standard InChI is InChI=1S/C11H15BrN4O2S/c1-11(2,19(3,17)18)6-16-9-8(15-10(16)13)4-7(12)5-14-9/h4-5H,6H2,1-3H3,(H2,13,15). The fraction of sp³-hybridized carbons (Fsp3) is 0.455. The molecule has 0 fully saturated rings. The number of aromatic nitrogens is 3. The molecule has 2 heterocycles. The molecule has 19 heavy (non-hydrogen) atoms. The van der Waals surface area contributed by atoms with Crippen molar-refractivity contribution in [1.29, 1.82) is 0 Å². The van der Waals surface area contributed by atoms with E-state index in [0.717, 1.165) is 4.47 Å². The lowest BCUT2D eigenvalue weighted by molar-refractivity contribution is 0.510. The van der Waals surface area contributed by atoms with E-state index in [2.05, 4.69) is 25.9 Å². The molecule has 2 aromatic heterocycles. The van der Waals surface area contributed by atoms with E-state index in [1.54, 1.807) is 30.7 Å². The maximum absolute atomic E-state index is 11.8. The second-order valence-electron chi connectivity index (χ2n) is 5.08. The van der Waals surface area contributed by atoms with Gasteiger partial charge in [-0.2, -0.15) is 0 Å². The zero-order valence-electron chi connectivity index (χ0n) is 10.9. The second kappa shape index (κ2) is 4.45. The molecule has 0 amide bonds. The maximum atomic E-state index is 11.8. The molecule has 2 rings (SSSR count). The molecule has 0 aliphatic heterocycles. The highest BCUT2D eigenvalue weighted by molar-refractivity contribution is 9.10. The number of anilines is 1.